The van der Waals surface area contributed by atoms with Crippen LogP contribution in [-0.4, -0.2) is 10.7 Å². The normalized spacial score (nSPS) is 9.56. The number of hydrogen-bond acceptors (Lipinski definition) is 4. The van der Waals surface area contributed by atoms with Crippen molar-refractivity contribution in [1.29, 1.82) is 0 Å². The minimum atomic E-state index is 0.433. The maximum absolute atomic E-state index is 10.2. The maximum atomic E-state index is 10.2. The van der Waals surface area contributed by atoms with Crippen molar-refractivity contribution in [3.63, 3.8) is 0 Å². The molecule has 1 aromatic heterocycles. The molecule has 0 spiro atoms. The van der Waals surface area contributed by atoms with E-state index >= 15 is 0 Å². The van der Waals surface area contributed by atoms with E-state index in [-0.39, 0.29) is 0 Å². The Bertz CT molecular complexity index is 552. The molecule has 0 aliphatic rings. The number of halogens is 1. The third-order valence-electron chi connectivity index (χ3n) is 2.44. The fourth-order valence-electron chi connectivity index (χ4n) is 1.26. The second-order valence-electron chi connectivity index (χ2n) is 3.94. The number of aryl methyl sites for hydroxylation is 2. The van der Waals surface area contributed by atoms with Gasteiger partial charge in [-0.2, -0.15) is 4.37 Å². The van der Waals surface area contributed by atoms with E-state index in [1.54, 1.807) is 6.92 Å². The molecular weight excluding hydrogens is 268 g/mol. The SMILES string of the molecule is Cc1c(Cl)nsc1C=O.Cc1ccc(N)c(C)c1. The van der Waals surface area contributed by atoms with E-state index in [2.05, 4.69) is 17.4 Å². The number of carbonyl (C=O) groups excluding carboxylic acids is 1. The van der Waals surface area contributed by atoms with Crippen molar-refractivity contribution < 1.29 is 4.79 Å². The second kappa shape index (κ2) is 6.52. The second-order valence-corrected chi connectivity index (χ2v) is 5.10. The number of carbonyl (C=O) groups is 1. The van der Waals surface area contributed by atoms with E-state index < -0.39 is 0 Å². The van der Waals surface area contributed by atoms with Crippen molar-refractivity contribution in [2.24, 2.45) is 0 Å². The van der Waals surface area contributed by atoms with Crippen molar-refractivity contribution in [3.8, 4) is 0 Å². The van der Waals surface area contributed by atoms with Gasteiger partial charge in [-0.25, -0.2) is 0 Å². The molecule has 0 saturated carbocycles. The number of benzene rings is 1. The van der Waals surface area contributed by atoms with Crippen LogP contribution in [0.15, 0.2) is 18.2 Å². The third kappa shape index (κ3) is 3.82. The van der Waals surface area contributed by atoms with Crippen LogP contribution in [0.5, 0.6) is 0 Å². The van der Waals surface area contributed by atoms with Crippen LogP contribution in [0.3, 0.4) is 0 Å². The molecule has 2 N–H and O–H groups in total. The Hall–Kier alpha value is -1.39. The summed E-state index contributed by atoms with van der Waals surface area (Å²) in [4.78, 5) is 10.8. The summed E-state index contributed by atoms with van der Waals surface area (Å²) >= 11 is 6.67. The molecule has 0 unspecified atom stereocenters. The topological polar surface area (TPSA) is 56.0 Å². The van der Waals surface area contributed by atoms with Crippen LogP contribution in [-0.2, 0) is 0 Å². The molecule has 1 aromatic carbocycles. The summed E-state index contributed by atoms with van der Waals surface area (Å²) in [7, 11) is 0. The molecule has 0 aliphatic carbocycles. The molecule has 0 amide bonds. The van der Waals surface area contributed by atoms with Crippen molar-refractivity contribution >= 4 is 35.1 Å². The van der Waals surface area contributed by atoms with E-state index in [0.717, 1.165) is 34.6 Å². The van der Waals surface area contributed by atoms with Crippen LogP contribution in [0.25, 0.3) is 0 Å². The van der Waals surface area contributed by atoms with Crippen molar-refractivity contribution in [2.45, 2.75) is 20.8 Å². The Morgan fingerprint density at radius 2 is 2.00 bits per heavy atom. The van der Waals surface area contributed by atoms with Crippen LogP contribution in [0.4, 0.5) is 5.69 Å². The van der Waals surface area contributed by atoms with Crippen molar-refractivity contribution in [1.82, 2.24) is 4.37 Å². The lowest BCUT2D eigenvalue weighted by molar-refractivity contribution is 0.112. The number of nitrogens with two attached hydrogens (primary N) is 1. The van der Waals surface area contributed by atoms with Crippen LogP contribution >= 0.6 is 23.1 Å². The lowest BCUT2D eigenvalue weighted by atomic mass is 10.1. The zero-order valence-corrected chi connectivity index (χ0v) is 12.1. The Labute approximate surface area is 116 Å². The quantitative estimate of drug-likeness (QED) is 0.639. The largest absolute Gasteiger partial charge is 0.399 e. The van der Waals surface area contributed by atoms with Gasteiger partial charge in [-0.3, -0.25) is 4.79 Å². The first-order chi connectivity index (χ1) is 8.45. The van der Waals surface area contributed by atoms with E-state index in [4.69, 9.17) is 17.3 Å². The number of rotatable bonds is 1. The first-order valence-corrected chi connectivity index (χ1v) is 6.50. The van der Waals surface area contributed by atoms with Gasteiger partial charge in [-0.15, -0.1) is 0 Å². The van der Waals surface area contributed by atoms with E-state index in [1.807, 2.05) is 19.1 Å². The van der Waals surface area contributed by atoms with Gasteiger partial charge in [0.1, 0.15) is 5.15 Å². The summed E-state index contributed by atoms with van der Waals surface area (Å²) < 4.78 is 3.76. The highest BCUT2D eigenvalue weighted by atomic mass is 35.5. The third-order valence-corrected chi connectivity index (χ3v) is 3.78. The number of aromatic nitrogens is 1. The Balaban J connectivity index is 0.000000180. The molecule has 18 heavy (non-hydrogen) atoms. The zero-order valence-electron chi connectivity index (χ0n) is 10.5. The highest BCUT2D eigenvalue weighted by molar-refractivity contribution is 7.08. The standard InChI is InChI=1S/C8H11N.C5H4ClNOS/c1-6-3-4-8(9)7(2)5-6;1-3-4(2-8)9-7-5(3)6/h3-5H,9H2,1-2H3;2H,1H3. The number of nitrogens with zero attached hydrogens (tertiary/aromatic N) is 1. The fraction of sp³-hybridized carbons (Fsp3) is 0.231. The van der Waals surface area contributed by atoms with Crippen LogP contribution < -0.4 is 5.73 Å². The van der Waals surface area contributed by atoms with E-state index in [9.17, 15) is 4.79 Å². The van der Waals surface area contributed by atoms with E-state index in [1.165, 1.54) is 5.56 Å². The Kier molecular flexibility index (Phi) is 5.31. The van der Waals surface area contributed by atoms with Gasteiger partial charge in [-0.05, 0) is 43.9 Å². The predicted octanol–water partition coefficient (Wildman–Crippen LogP) is 3.80. The van der Waals surface area contributed by atoms with Crippen molar-refractivity contribution in [2.75, 3.05) is 5.73 Å². The van der Waals surface area contributed by atoms with Gasteiger partial charge in [0.15, 0.2) is 6.29 Å². The summed E-state index contributed by atoms with van der Waals surface area (Å²) in [6.07, 6.45) is 0.763. The number of hydrogen-bond donors (Lipinski definition) is 1. The zero-order chi connectivity index (χ0) is 13.7. The molecule has 0 fully saturated rings. The molecule has 0 bridgehead atoms. The molecule has 0 saturated heterocycles. The summed E-state index contributed by atoms with van der Waals surface area (Å²) in [6.45, 7) is 5.85. The maximum Gasteiger partial charge on any atom is 0.161 e. The number of nitrogen functional groups attached to an aromatic ring is 1. The average molecular weight is 283 g/mol. The first-order valence-electron chi connectivity index (χ1n) is 5.35. The van der Waals surface area contributed by atoms with Gasteiger partial charge in [0.2, 0.25) is 0 Å². The van der Waals surface area contributed by atoms with Gasteiger partial charge in [0.25, 0.3) is 0 Å². The van der Waals surface area contributed by atoms with Gasteiger partial charge in [0, 0.05) is 11.3 Å². The minimum Gasteiger partial charge on any atom is -0.399 e. The molecule has 0 aliphatic heterocycles. The van der Waals surface area contributed by atoms with Gasteiger partial charge >= 0.3 is 0 Å². The monoisotopic (exact) mass is 282 g/mol. The molecule has 2 rings (SSSR count). The Morgan fingerprint density at radius 1 is 1.33 bits per heavy atom. The lowest BCUT2D eigenvalue weighted by Crippen LogP contribution is -1.88. The molecule has 0 atom stereocenters. The van der Waals surface area contributed by atoms with Gasteiger partial charge < -0.3 is 5.73 Å². The molecule has 0 radical (unpaired) electrons. The van der Waals surface area contributed by atoms with E-state index in [0.29, 0.717) is 10.0 Å². The lowest BCUT2D eigenvalue weighted by Gasteiger charge is -1.98. The predicted molar refractivity (Wildman–Crippen MR) is 77.6 cm³/mol. The molecule has 2 aromatic rings. The molecule has 3 nitrogen and oxygen atoms in total. The number of aldehydes is 1. The summed E-state index contributed by atoms with van der Waals surface area (Å²) in [5.74, 6) is 0. The fourth-order valence-corrected chi connectivity index (χ4v) is 2.12. The van der Waals surface area contributed by atoms with Gasteiger partial charge in [0.05, 0.1) is 4.88 Å². The van der Waals surface area contributed by atoms with Crippen LogP contribution in [0, 0.1) is 20.8 Å². The van der Waals surface area contributed by atoms with Crippen molar-refractivity contribution in [3.05, 3.63) is 44.9 Å². The van der Waals surface area contributed by atoms with Crippen LogP contribution in [0.1, 0.15) is 26.4 Å². The summed E-state index contributed by atoms with van der Waals surface area (Å²) in [5, 5.41) is 0.433. The van der Waals surface area contributed by atoms with Crippen LogP contribution in [0.2, 0.25) is 5.15 Å². The minimum absolute atomic E-state index is 0.433. The summed E-state index contributed by atoms with van der Waals surface area (Å²) in [6, 6.07) is 6.03. The molecule has 1 heterocycles. The number of anilines is 1. The molecule has 5 heteroatoms. The molecular formula is C13H15ClN2OS. The highest BCUT2D eigenvalue weighted by Crippen LogP contribution is 2.19. The highest BCUT2D eigenvalue weighted by Gasteiger charge is 2.04. The smallest absolute Gasteiger partial charge is 0.161 e. The molecule has 96 valence electrons. The average Bonchev–Trinajstić information content (AvgIpc) is 2.66. The summed E-state index contributed by atoms with van der Waals surface area (Å²) in [5.41, 5.74) is 9.67. The van der Waals surface area contributed by atoms with Gasteiger partial charge in [-0.1, -0.05) is 29.3 Å². The first kappa shape index (κ1) is 14.7. The Morgan fingerprint density at radius 3 is 2.33 bits per heavy atom.